The Labute approximate surface area is 237 Å². The van der Waals surface area contributed by atoms with Crippen LogP contribution in [0.4, 0.5) is 10.5 Å². The fourth-order valence-electron chi connectivity index (χ4n) is 4.76. The summed E-state index contributed by atoms with van der Waals surface area (Å²) in [6.45, 7) is 3.12. The number of ether oxygens (including phenoxy) is 2. The van der Waals surface area contributed by atoms with Crippen LogP contribution >= 0.6 is 0 Å². The minimum Gasteiger partial charge on any atom is -0.482 e. The number of carbonyl (C=O) groups is 3. The van der Waals surface area contributed by atoms with Gasteiger partial charge in [0, 0.05) is 42.8 Å². The minimum atomic E-state index is -0.492. The number of nitrogens with zero attached hydrogens (tertiary/aromatic N) is 3. The number of aromatic amines is 1. The molecule has 41 heavy (non-hydrogen) atoms. The summed E-state index contributed by atoms with van der Waals surface area (Å²) in [5, 5.41) is 10.2. The first-order chi connectivity index (χ1) is 19.9. The number of carbonyl (C=O) groups excluding carboxylic acids is 3. The van der Waals surface area contributed by atoms with E-state index >= 15 is 0 Å². The molecule has 3 heterocycles. The Kier molecular flexibility index (Phi) is 8.33. The molecular formula is C30H32N6O5. The highest BCUT2D eigenvalue weighted by molar-refractivity contribution is 5.99. The molecule has 1 aliphatic heterocycles. The van der Waals surface area contributed by atoms with Crippen molar-refractivity contribution >= 4 is 23.6 Å². The van der Waals surface area contributed by atoms with Crippen molar-refractivity contribution in [2.45, 2.75) is 26.5 Å². The van der Waals surface area contributed by atoms with Gasteiger partial charge in [0.2, 0.25) is 11.8 Å². The monoisotopic (exact) mass is 556 g/mol. The summed E-state index contributed by atoms with van der Waals surface area (Å²) in [6, 6.07) is 18.9. The van der Waals surface area contributed by atoms with E-state index in [1.54, 1.807) is 17.2 Å². The van der Waals surface area contributed by atoms with Gasteiger partial charge in [-0.25, -0.2) is 4.79 Å². The van der Waals surface area contributed by atoms with Crippen molar-refractivity contribution in [1.82, 2.24) is 25.0 Å². The Morgan fingerprint density at radius 2 is 1.93 bits per heavy atom. The first kappa shape index (κ1) is 27.5. The molecule has 4 aromatic rings. The third-order valence-corrected chi connectivity index (χ3v) is 6.82. The molecule has 0 saturated heterocycles. The minimum absolute atomic E-state index is 0.0208. The second kappa shape index (κ2) is 12.4. The van der Waals surface area contributed by atoms with Crippen LogP contribution in [-0.4, -0.2) is 64.3 Å². The van der Waals surface area contributed by atoms with Crippen LogP contribution in [0.3, 0.4) is 0 Å². The quantitative estimate of drug-likeness (QED) is 0.258. The largest absolute Gasteiger partial charge is 0.482 e. The number of benzene rings is 2. The normalized spacial score (nSPS) is 12.0. The second-order valence-corrected chi connectivity index (χ2v) is 9.72. The van der Waals surface area contributed by atoms with Crippen LogP contribution < -0.4 is 15.4 Å². The van der Waals surface area contributed by atoms with Gasteiger partial charge in [-0.3, -0.25) is 14.3 Å². The molecule has 0 atom stereocenters. The van der Waals surface area contributed by atoms with E-state index in [2.05, 4.69) is 20.7 Å². The summed E-state index contributed by atoms with van der Waals surface area (Å²) in [6.07, 6.45) is 1.56. The first-order valence-corrected chi connectivity index (χ1v) is 13.3. The van der Waals surface area contributed by atoms with Gasteiger partial charge in [0.25, 0.3) is 5.91 Å². The van der Waals surface area contributed by atoms with Gasteiger partial charge in [0.05, 0.1) is 25.8 Å². The number of H-pyrrole nitrogens is 1. The molecule has 11 heteroatoms. The van der Waals surface area contributed by atoms with Crippen molar-refractivity contribution in [3.63, 3.8) is 0 Å². The Bertz CT molecular complexity index is 1540. The van der Waals surface area contributed by atoms with Gasteiger partial charge in [-0.15, -0.1) is 0 Å². The van der Waals surface area contributed by atoms with Gasteiger partial charge in [-0.05, 0) is 42.3 Å². The lowest BCUT2D eigenvalue weighted by molar-refractivity contribution is -0.115. The van der Waals surface area contributed by atoms with Crippen LogP contribution in [-0.2, 0) is 29.1 Å². The summed E-state index contributed by atoms with van der Waals surface area (Å²) < 4.78 is 12.7. The number of hydrogen-bond acceptors (Lipinski definition) is 6. The molecule has 0 saturated carbocycles. The van der Waals surface area contributed by atoms with E-state index in [4.69, 9.17) is 9.47 Å². The third-order valence-electron chi connectivity index (χ3n) is 6.82. The Hall–Kier alpha value is -5.06. The number of aryl methyl sites for hydroxylation is 1. The number of rotatable bonds is 11. The predicted molar refractivity (Wildman–Crippen MR) is 153 cm³/mol. The van der Waals surface area contributed by atoms with E-state index in [-0.39, 0.29) is 31.5 Å². The lowest BCUT2D eigenvalue weighted by Crippen LogP contribution is -2.40. The molecular weight excluding hydrogens is 524 g/mol. The topological polar surface area (TPSA) is 131 Å². The molecule has 212 valence electrons. The van der Waals surface area contributed by atoms with Crippen molar-refractivity contribution in [3.8, 4) is 17.1 Å². The van der Waals surface area contributed by atoms with Crippen molar-refractivity contribution in [3.05, 3.63) is 89.2 Å². The molecule has 3 amide bonds. The molecule has 0 bridgehead atoms. The smallest absolute Gasteiger partial charge is 0.410 e. The molecule has 3 N–H and O–H groups in total. The maximum Gasteiger partial charge on any atom is 0.410 e. The van der Waals surface area contributed by atoms with Crippen LogP contribution in [0, 0.1) is 6.92 Å². The summed E-state index contributed by atoms with van der Waals surface area (Å²) in [7, 11) is 1.50. The number of amides is 3. The zero-order valence-corrected chi connectivity index (χ0v) is 23.0. The Morgan fingerprint density at radius 1 is 1.10 bits per heavy atom. The average molecular weight is 557 g/mol. The van der Waals surface area contributed by atoms with Gasteiger partial charge in [-0.1, -0.05) is 36.4 Å². The molecule has 11 nitrogen and oxygen atoms in total. The van der Waals surface area contributed by atoms with Crippen LogP contribution in [0.25, 0.3) is 11.3 Å². The first-order valence-electron chi connectivity index (χ1n) is 13.3. The SMILES string of the molecule is COc1[nH]c(C)cc1C(=O)NCCN(CCn1nccc1-c1ccc2c(c1)CC(=O)N2)C(=O)OCc1ccccc1. The van der Waals surface area contributed by atoms with Crippen LogP contribution in [0.5, 0.6) is 5.88 Å². The summed E-state index contributed by atoms with van der Waals surface area (Å²) >= 11 is 0. The van der Waals surface area contributed by atoms with Gasteiger partial charge in [0.1, 0.15) is 12.2 Å². The second-order valence-electron chi connectivity index (χ2n) is 9.72. The average Bonchev–Trinajstić information content (AvgIpc) is 3.70. The van der Waals surface area contributed by atoms with Crippen LogP contribution in [0.2, 0.25) is 0 Å². The molecule has 5 rings (SSSR count). The molecule has 2 aromatic carbocycles. The molecule has 2 aromatic heterocycles. The number of aromatic nitrogens is 3. The Balaban J connectivity index is 1.25. The zero-order valence-electron chi connectivity index (χ0n) is 23.0. The standard InChI is InChI=1S/C30H32N6O5/c1-20-16-24(29(33-20)40-2)28(38)31-12-13-35(30(39)41-19-21-6-4-3-5-7-21)14-15-36-26(10-11-32-36)22-8-9-25-23(17-22)18-27(37)34-25/h3-11,16-17,33H,12-15,18-19H2,1-2H3,(H,31,38)(H,34,37). The molecule has 0 spiro atoms. The van der Waals surface area contributed by atoms with E-state index in [0.717, 1.165) is 33.8 Å². The molecule has 1 aliphatic rings. The molecule has 0 radical (unpaired) electrons. The van der Waals surface area contributed by atoms with Crippen molar-refractivity contribution in [2.75, 3.05) is 32.1 Å². The van der Waals surface area contributed by atoms with Gasteiger partial charge in [-0.2, -0.15) is 5.10 Å². The summed E-state index contributed by atoms with van der Waals surface area (Å²) in [5.74, 6) is 0.0623. The third kappa shape index (κ3) is 6.57. The number of methoxy groups -OCH3 is 1. The van der Waals surface area contributed by atoms with Crippen molar-refractivity contribution < 1.29 is 23.9 Å². The predicted octanol–water partition coefficient (Wildman–Crippen LogP) is 3.76. The number of hydrogen-bond donors (Lipinski definition) is 3. The van der Waals surface area contributed by atoms with Crippen molar-refractivity contribution in [2.24, 2.45) is 0 Å². The lowest BCUT2D eigenvalue weighted by atomic mass is 10.1. The van der Waals surface area contributed by atoms with E-state index in [0.29, 0.717) is 31.0 Å². The van der Waals surface area contributed by atoms with E-state index in [9.17, 15) is 14.4 Å². The lowest BCUT2D eigenvalue weighted by Gasteiger charge is -2.23. The highest BCUT2D eigenvalue weighted by Crippen LogP contribution is 2.29. The van der Waals surface area contributed by atoms with Crippen LogP contribution in [0.15, 0.2) is 66.9 Å². The maximum atomic E-state index is 13.1. The summed E-state index contributed by atoms with van der Waals surface area (Å²) in [4.78, 5) is 42.2. The maximum absolute atomic E-state index is 13.1. The van der Waals surface area contributed by atoms with E-state index in [1.807, 2.05) is 66.2 Å². The number of nitrogens with one attached hydrogen (secondary N) is 3. The molecule has 0 unspecified atom stereocenters. The van der Waals surface area contributed by atoms with Gasteiger partial charge in [0.15, 0.2) is 0 Å². The molecule has 0 aliphatic carbocycles. The van der Waals surface area contributed by atoms with Crippen LogP contribution in [0.1, 0.15) is 27.2 Å². The fourth-order valence-corrected chi connectivity index (χ4v) is 4.76. The Morgan fingerprint density at radius 3 is 2.73 bits per heavy atom. The fraction of sp³-hybridized carbons (Fsp3) is 0.267. The van der Waals surface area contributed by atoms with E-state index < -0.39 is 6.09 Å². The van der Waals surface area contributed by atoms with Crippen molar-refractivity contribution in [1.29, 1.82) is 0 Å². The number of fused-ring (bicyclic) bond motifs is 1. The van der Waals surface area contributed by atoms with Gasteiger partial charge < -0.3 is 30.0 Å². The highest BCUT2D eigenvalue weighted by Gasteiger charge is 2.21. The molecule has 0 fully saturated rings. The van der Waals surface area contributed by atoms with Gasteiger partial charge >= 0.3 is 6.09 Å². The number of anilines is 1. The highest BCUT2D eigenvalue weighted by atomic mass is 16.6. The summed E-state index contributed by atoms with van der Waals surface area (Å²) in [5.41, 5.74) is 5.65. The zero-order chi connectivity index (χ0) is 28.8. The van der Waals surface area contributed by atoms with E-state index in [1.165, 1.54) is 7.11 Å².